The number of halogens is 1. The molecule has 1 aliphatic heterocycles. The summed E-state index contributed by atoms with van der Waals surface area (Å²) in [5.74, 6) is -0.100. The Morgan fingerprint density at radius 3 is 2.59 bits per heavy atom. The Morgan fingerprint density at radius 2 is 1.81 bits per heavy atom. The van der Waals surface area contributed by atoms with Crippen LogP contribution in [0.1, 0.15) is 18.4 Å². The Labute approximate surface area is 186 Å². The molecule has 4 aromatic rings. The smallest absolute Gasteiger partial charge is 0.220 e. The lowest BCUT2D eigenvalue weighted by molar-refractivity contribution is -0.119. The average Bonchev–Trinajstić information content (AvgIpc) is 3.40. The molecule has 1 saturated heterocycles. The summed E-state index contributed by atoms with van der Waals surface area (Å²) >= 11 is 0. The number of rotatable bonds is 6. The van der Waals surface area contributed by atoms with E-state index in [1.165, 1.54) is 0 Å². The van der Waals surface area contributed by atoms with Crippen molar-refractivity contribution in [2.24, 2.45) is 7.05 Å². The molecule has 1 aromatic heterocycles. The van der Waals surface area contributed by atoms with E-state index >= 15 is 4.39 Å². The molecular formula is C26H25FN4O. The first-order chi connectivity index (χ1) is 15.6. The highest BCUT2D eigenvalue weighted by molar-refractivity contribution is 5.95. The molecule has 0 spiro atoms. The van der Waals surface area contributed by atoms with E-state index in [0.29, 0.717) is 24.1 Å². The van der Waals surface area contributed by atoms with Gasteiger partial charge in [-0.15, -0.1) is 0 Å². The van der Waals surface area contributed by atoms with Gasteiger partial charge in [0.15, 0.2) is 0 Å². The molecule has 32 heavy (non-hydrogen) atoms. The molecule has 162 valence electrons. The summed E-state index contributed by atoms with van der Waals surface area (Å²) in [6.45, 7) is 1.46. The monoisotopic (exact) mass is 428 g/mol. The van der Waals surface area contributed by atoms with Gasteiger partial charge in [-0.3, -0.25) is 9.48 Å². The number of aromatic nitrogens is 2. The van der Waals surface area contributed by atoms with Gasteiger partial charge in [0.25, 0.3) is 0 Å². The number of hydrogen-bond donors (Lipinski definition) is 2. The fourth-order valence-electron chi connectivity index (χ4n) is 4.40. The molecule has 2 heterocycles. The van der Waals surface area contributed by atoms with Gasteiger partial charge in [0.05, 0.1) is 11.7 Å². The molecule has 0 saturated carbocycles. The number of benzene rings is 3. The minimum atomic E-state index is -0.230. The van der Waals surface area contributed by atoms with Gasteiger partial charge in [0, 0.05) is 49.1 Å². The molecule has 0 bridgehead atoms. The Bertz CT molecular complexity index is 1280. The lowest BCUT2D eigenvalue weighted by Gasteiger charge is -2.12. The molecular weight excluding hydrogens is 403 g/mol. The van der Waals surface area contributed by atoms with E-state index in [1.807, 2.05) is 67.7 Å². The van der Waals surface area contributed by atoms with Crippen LogP contribution in [-0.2, 0) is 18.4 Å². The first kappa shape index (κ1) is 20.4. The summed E-state index contributed by atoms with van der Waals surface area (Å²) < 4.78 is 17.4. The highest BCUT2D eigenvalue weighted by Gasteiger charge is 2.20. The van der Waals surface area contributed by atoms with Gasteiger partial charge in [0.2, 0.25) is 5.91 Å². The van der Waals surface area contributed by atoms with Gasteiger partial charge in [-0.05, 0) is 29.2 Å². The SMILES string of the molecule is Cn1ncc2c(-c3cccc(-c4ccc(CNC[C@@H]5CCC(=O)N5)cc4)c3F)cccc21. The number of aryl methyl sites for hydroxylation is 1. The Balaban J connectivity index is 1.35. The molecule has 1 aliphatic rings. The summed E-state index contributed by atoms with van der Waals surface area (Å²) in [7, 11) is 1.89. The number of nitrogens with zero attached hydrogens (tertiary/aromatic N) is 2. The van der Waals surface area contributed by atoms with Crippen LogP contribution in [0, 0.1) is 5.82 Å². The van der Waals surface area contributed by atoms with Crippen molar-refractivity contribution in [3.05, 3.63) is 78.2 Å². The quantitative estimate of drug-likeness (QED) is 0.478. The number of hydrogen-bond acceptors (Lipinski definition) is 3. The lowest BCUT2D eigenvalue weighted by Crippen LogP contribution is -2.35. The predicted molar refractivity (Wildman–Crippen MR) is 124 cm³/mol. The second kappa shape index (κ2) is 8.55. The van der Waals surface area contributed by atoms with Gasteiger partial charge in [0.1, 0.15) is 5.82 Å². The summed E-state index contributed by atoms with van der Waals surface area (Å²) in [6.07, 6.45) is 3.28. The molecule has 1 fully saturated rings. The van der Waals surface area contributed by atoms with Crippen molar-refractivity contribution in [3.63, 3.8) is 0 Å². The van der Waals surface area contributed by atoms with Gasteiger partial charge in [-0.25, -0.2) is 4.39 Å². The predicted octanol–water partition coefficient (Wildman–Crippen LogP) is 4.41. The van der Waals surface area contributed by atoms with Gasteiger partial charge in [-0.2, -0.15) is 5.10 Å². The zero-order chi connectivity index (χ0) is 22.1. The van der Waals surface area contributed by atoms with Crippen LogP contribution in [0.15, 0.2) is 66.9 Å². The van der Waals surface area contributed by atoms with Crippen LogP contribution in [0.5, 0.6) is 0 Å². The van der Waals surface area contributed by atoms with Crippen LogP contribution < -0.4 is 10.6 Å². The number of carbonyl (C=O) groups excluding carboxylic acids is 1. The third-order valence-electron chi connectivity index (χ3n) is 6.15. The van der Waals surface area contributed by atoms with E-state index in [0.717, 1.165) is 40.6 Å². The topological polar surface area (TPSA) is 59.0 Å². The first-order valence-electron chi connectivity index (χ1n) is 10.9. The first-order valence-corrected chi connectivity index (χ1v) is 10.9. The van der Waals surface area contributed by atoms with E-state index < -0.39 is 0 Å². The largest absolute Gasteiger partial charge is 0.352 e. The number of amides is 1. The van der Waals surface area contributed by atoms with Crippen LogP contribution in [-0.4, -0.2) is 28.3 Å². The number of fused-ring (bicyclic) bond motifs is 1. The highest BCUT2D eigenvalue weighted by Crippen LogP contribution is 2.34. The molecule has 0 aliphatic carbocycles. The fourth-order valence-corrected chi connectivity index (χ4v) is 4.40. The van der Waals surface area contributed by atoms with Crippen LogP contribution in [0.2, 0.25) is 0 Å². The van der Waals surface area contributed by atoms with E-state index in [4.69, 9.17) is 0 Å². The third kappa shape index (κ3) is 3.89. The van der Waals surface area contributed by atoms with Gasteiger partial charge in [-0.1, -0.05) is 54.6 Å². The average molecular weight is 429 g/mol. The molecule has 2 N–H and O–H groups in total. The lowest BCUT2D eigenvalue weighted by atomic mass is 9.96. The second-order valence-corrected chi connectivity index (χ2v) is 8.30. The van der Waals surface area contributed by atoms with Crippen LogP contribution in [0.4, 0.5) is 4.39 Å². The number of carbonyl (C=O) groups is 1. The standard InChI is InChI=1S/C26H25FN4O/c1-31-24-7-3-5-21(23(24)16-29-31)22-6-2-4-20(26(22)27)18-10-8-17(9-11-18)14-28-15-19-12-13-25(32)30-19/h2-11,16,19,28H,12-15H2,1H3,(H,30,32)/t19-/m0/s1. The second-order valence-electron chi connectivity index (χ2n) is 8.30. The zero-order valence-electron chi connectivity index (χ0n) is 17.9. The summed E-state index contributed by atoms with van der Waals surface area (Å²) in [4.78, 5) is 11.3. The molecule has 3 aromatic carbocycles. The van der Waals surface area contributed by atoms with Crippen LogP contribution in [0.3, 0.4) is 0 Å². The van der Waals surface area contributed by atoms with Crippen molar-refractivity contribution in [2.75, 3.05) is 6.54 Å². The highest BCUT2D eigenvalue weighted by atomic mass is 19.1. The van der Waals surface area contributed by atoms with Crippen LogP contribution in [0.25, 0.3) is 33.2 Å². The van der Waals surface area contributed by atoms with E-state index in [2.05, 4.69) is 15.7 Å². The van der Waals surface area contributed by atoms with E-state index in [9.17, 15) is 4.79 Å². The van der Waals surface area contributed by atoms with Crippen molar-refractivity contribution < 1.29 is 9.18 Å². The van der Waals surface area contributed by atoms with Gasteiger partial charge < -0.3 is 10.6 Å². The maximum Gasteiger partial charge on any atom is 0.220 e. The van der Waals surface area contributed by atoms with E-state index in [1.54, 1.807) is 10.9 Å². The Hall–Kier alpha value is -3.51. The zero-order valence-corrected chi connectivity index (χ0v) is 17.9. The summed E-state index contributed by atoms with van der Waals surface area (Å²) in [6, 6.07) is 19.6. The minimum Gasteiger partial charge on any atom is -0.352 e. The van der Waals surface area contributed by atoms with E-state index in [-0.39, 0.29) is 17.8 Å². The molecule has 0 unspecified atom stereocenters. The van der Waals surface area contributed by atoms with Crippen molar-refractivity contribution in [2.45, 2.75) is 25.4 Å². The maximum absolute atomic E-state index is 15.6. The number of nitrogens with one attached hydrogen (secondary N) is 2. The Morgan fingerprint density at radius 1 is 1.06 bits per heavy atom. The molecule has 1 amide bonds. The maximum atomic E-state index is 15.6. The summed E-state index contributed by atoms with van der Waals surface area (Å²) in [5.41, 5.74) is 4.93. The fraction of sp³-hybridized carbons (Fsp3) is 0.231. The molecule has 1 atom stereocenters. The van der Waals surface area contributed by atoms with Crippen molar-refractivity contribution >= 4 is 16.8 Å². The minimum absolute atomic E-state index is 0.130. The third-order valence-corrected chi connectivity index (χ3v) is 6.15. The summed E-state index contributed by atoms with van der Waals surface area (Å²) in [5, 5.41) is 11.6. The van der Waals surface area contributed by atoms with Crippen molar-refractivity contribution in [1.29, 1.82) is 0 Å². The van der Waals surface area contributed by atoms with Crippen molar-refractivity contribution in [3.8, 4) is 22.3 Å². The van der Waals surface area contributed by atoms with Gasteiger partial charge >= 0.3 is 0 Å². The Kier molecular flexibility index (Phi) is 5.45. The van der Waals surface area contributed by atoms with Crippen molar-refractivity contribution in [1.82, 2.24) is 20.4 Å². The molecule has 0 radical (unpaired) electrons. The normalized spacial score (nSPS) is 15.9. The molecule has 5 rings (SSSR count). The molecule has 5 nitrogen and oxygen atoms in total. The molecule has 6 heteroatoms. The van der Waals surface area contributed by atoms with Crippen LogP contribution >= 0.6 is 0 Å².